The molecule has 2 aromatic rings. The molecule has 0 aliphatic heterocycles. The van der Waals surface area contributed by atoms with Gasteiger partial charge in [0.1, 0.15) is 12.2 Å². The summed E-state index contributed by atoms with van der Waals surface area (Å²) in [4.78, 5) is 1.26. The fourth-order valence-electron chi connectivity index (χ4n) is 1.63. The maximum atomic E-state index is 4.08. The van der Waals surface area contributed by atoms with Gasteiger partial charge in [-0.1, -0.05) is 12.1 Å². The van der Waals surface area contributed by atoms with Gasteiger partial charge in [-0.05, 0) is 31.7 Å². The van der Waals surface area contributed by atoms with Gasteiger partial charge in [-0.25, -0.2) is 0 Å². The highest BCUT2D eigenvalue weighted by molar-refractivity contribution is 7.98. The first-order valence-electron chi connectivity index (χ1n) is 5.93. The maximum Gasteiger partial charge on any atom is 0.142 e. The molecule has 1 aromatic heterocycles. The monoisotopic (exact) mass is 262 g/mol. The van der Waals surface area contributed by atoms with Crippen LogP contribution in [0.25, 0.3) is 0 Å². The lowest BCUT2D eigenvalue weighted by Gasteiger charge is -2.11. The summed E-state index contributed by atoms with van der Waals surface area (Å²) in [6.07, 6.45) is 1.73. The first kappa shape index (κ1) is 13.1. The Morgan fingerprint density at radius 1 is 1.44 bits per heavy atom. The molecule has 96 valence electrons. The Kier molecular flexibility index (Phi) is 4.38. The number of aryl methyl sites for hydroxylation is 1. The lowest BCUT2D eigenvalue weighted by Crippen LogP contribution is -2.12. The van der Waals surface area contributed by atoms with E-state index in [0.717, 1.165) is 11.6 Å². The molecule has 1 atom stereocenters. The van der Waals surface area contributed by atoms with E-state index < -0.39 is 0 Å². The highest BCUT2D eigenvalue weighted by Crippen LogP contribution is 2.24. The van der Waals surface area contributed by atoms with Crippen molar-refractivity contribution in [1.82, 2.24) is 20.1 Å². The van der Waals surface area contributed by atoms with Crippen LogP contribution < -0.4 is 5.32 Å². The van der Waals surface area contributed by atoms with Crippen molar-refractivity contribution in [3.63, 3.8) is 0 Å². The van der Waals surface area contributed by atoms with Crippen molar-refractivity contribution in [1.29, 1.82) is 0 Å². The summed E-state index contributed by atoms with van der Waals surface area (Å²) >= 11 is 1.78. The van der Waals surface area contributed by atoms with Crippen LogP contribution in [0, 0.1) is 0 Å². The molecule has 1 unspecified atom stereocenters. The van der Waals surface area contributed by atoms with Gasteiger partial charge in [-0.3, -0.25) is 0 Å². The van der Waals surface area contributed by atoms with Crippen molar-refractivity contribution in [2.24, 2.45) is 7.05 Å². The van der Waals surface area contributed by atoms with Gasteiger partial charge in [0.25, 0.3) is 0 Å². The number of nitrogens with one attached hydrogen (secondary N) is 1. The summed E-state index contributed by atoms with van der Waals surface area (Å²) < 4.78 is 1.95. The molecule has 5 heteroatoms. The second kappa shape index (κ2) is 6.02. The van der Waals surface area contributed by atoms with E-state index in [-0.39, 0.29) is 0 Å². The SMILES string of the molecule is CNC(C)c1cccc(SCc2nncn2C)c1. The van der Waals surface area contributed by atoms with Crippen LogP contribution in [0.15, 0.2) is 35.5 Å². The Labute approximate surface area is 112 Å². The minimum Gasteiger partial charge on any atom is -0.320 e. The maximum absolute atomic E-state index is 4.08. The van der Waals surface area contributed by atoms with Crippen molar-refractivity contribution in [2.45, 2.75) is 23.6 Å². The second-order valence-corrected chi connectivity index (χ2v) is 5.28. The fraction of sp³-hybridized carbons (Fsp3) is 0.385. The van der Waals surface area contributed by atoms with E-state index in [0.29, 0.717) is 6.04 Å². The van der Waals surface area contributed by atoms with Gasteiger partial charge in [0, 0.05) is 18.0 Å². The van der Waals surface area contributed by atoms with Gasteiger partial charge in [0.05, 0.1) is 5.75 Å². The van der Waals surface area contributed by atoms with E-state index in [1.54, 1.807) is 18.1 Å². The average Bonchev–Trinajstić information content (AvgIpc) is 2.81. The lowest BCUT2D eigenvalue weighted by atomic mass is 10.1. The molecule has 0 spiro atoms. The smallest absolute Gasteiger partial charge is 0.142 e. The van der Waals surface area contributed by atoms with Gasteiger partial charge in [0.2, 0.25) is 0 Å². The Bertz CT molecular complexity index is 509. The van der Waals surface area contributed by atoms with Gasteiger partial charge in [-0.2, -0.15) is 0 Å². The molecule has 0 radical (unpaired) electrons. The van der Waals surface area contributed by atoms with Crippen molar-refractivity contribution in [2.75, 3.05) is 7.05 Å². The number of aromatic nitrogens is 3. The van der Waals surface area contributed by atoms with E-state index in [1.165, 1.54) is 10.5 Å². The summed E-state index contributed by atoms with van der Waals surface area (Å²) in [5, 5.41) is 11.2. The zero-order valence-electron chi connectivity index (χ0n) is 10.9. The van der Waals surface area contributed by atoms with Crippen molar-refractivity contribution in [3.05, 3.63) is 42.0 Å². The van der Waals surface area contributed by atoms with Gasteiger partial charge in [-0.15, -0.1) is 22.0 Å². The van der Waals surface area contributed by atoms with Crippen molar-refractivity contribution >= 4 is 11.8 Å². The number of hydrogen-bond acceptors (Lipinski definition) is 4. The van der Waals surface area contributed by atoms with Crippen LogP contribution in [0.2, 0.25) is 0 Å². The number of thioether (sulfide) groups is 1. The zero-order chi connectivity index (χ0) is 13.0. The number of hydrogen-bond donors (Lipinski definition) is 1. The summed E-state index contributed by atoms with van der Waals surface area (Å²) in [5.74, 6) is 1.83. The van der Waals surface area contributed by atoms with E-state index >= 15 is 0 Å². The van der Waals surface area contributed by atoms with Crippen LogP contribution in [0.3, 0.4) is 0 Å². The second-order valence-electron chi connectivity index (χ2n) is 4.23. The molecule has 2 rings (SSSR count). The van der Waals surface area contributed by atoms with Gasteiger partial charge in [0.15, 0.2) is 0 Å². The van der Waals surface area contributed by atoms with Crippen LogP contribution >= 0.6 is 11.8 Å². The molecule has 0 saturated heterocycles. The Hall–Kier alpha value is -1.33. The summed E-state index contributed by atoms with van der Waals surface area (Å²) in [6.45, 7) is 2.16. The Balaban J connectivity index is 2.04. The molecule has 0 fully saturated rings. The molecule has 1 N–H and O–H groups in total. The molecular formula is C13H18N4S. The third-order valence-corrected chi connectivity index (χ3v) is 3.95. The highest BCUT2D eigenvalue weighted by atomic mass is 32.2. The average molecular weight is 262 g/mol. The van der Waals surface area contributed by atoms with Crippen LogP contribution in [-0.2, 0) is 12.8 Å². The molecule has 0 aliphatic carbocycles. The number of rotatable bonds is 5. The minimum atomic E-state index is 0.375. The molecule has 0 bridgehead atoms. The normalized spacial score (nSPS) is 12.6. The number of nitrogens with zero attached hydrogens (tertiary/aromatic N) is 3. The molecule has 0 aliphatic rings. The standard InChI is InChI=1S/C13H18N4S/c1-10(14-2)11-5-4-6-12(7-11)18-8-13-16-15-9-17(13)3/h4-7,9-10,14H,8H2,1-3H3. The van der Waals surface area contributed by atoms with Crippen LogP contribution in [0.5, 0.6) is 0 Å². The Morgan fingerprint density at radius 2 is 2.28 bits per heavy atom. The summed E-state index contributed by atoms with van der Waals surface area (Å²) in [6, 6.07) is 8.98. The molecule has 4 nitrogen and oxygen atoms in total. The molecule has 0 amide bonds. The molecule has 1 aromatic carbocycles. The first-order chi connectivity index (χ1) is 8.70. The predicted octanol–water partition coefficient (Wildman–Crippen LogP) is 2.39. The Morgan fingerprint density at radius 3 is 2.94 bits per heavy atom. The third-order valence-electron chi connectivity index (χ3n) is 2.96. The third kappa shape index (κ3) is 3.11. The number of benzene rings is 1. The molecular weight excluding hydrogens is 244 g/mol. The quantitative estimate of drug-likeness (QED) is 0.840. The van der Waals surface area contributed by atoms with E-state index in [1.807, 2.05) is 18.7 Å². The minimum absolute atomic E-state index is 0.375. The lowest BCUT2D eigenvalue weighted by molar-refractivity contribution is 0.651. The fourth-order valence-corrected chi connectivity index (χ4v) is 2.58. The molecule has 18 heavy (non-hydrogen) atoms. The van der Waals surface area contributed by atoms with Gasteiger partial charge >= 0.3 is 0 Å². The topological polar surface area (TPSA) is 42.7 Å². The van der Waals surface area contributed by atoms with Crippen LogP contribution in [0.4, 0.5) is 0 Å². The van der Waals surface area contributed by atoms with Crippen LogP contribution in [-0.4, -0.2) is 21.8 Å². The molecule has 1 heterocycles. The zero-order valence-corrected chi connectivity index (χ0v) is 11.7. The largest absolute Gasteiger partial charge is 0.320 e. The summed E-state index contributed by atoms with van der Waals surface area (Å²) in [5.41, 5.74) is 1.31. The first-order valence-corrected chi connectivity index (χ1v) is 6.92. The van der Waals surface area contributed by atoms with Crippen LogP contribution in [0.1, 0.15) is 24.4 Å². The predicted molar refractivity (Wildman–Crippen MR) is 74.5 cm³/mol. The van der Waals surface area contributed by atoms with Crippen molar-refractivity contribution in [3.8, 4) is 0 Å². The van der Waals surface area contributed by atoms with E-state index in [9.17, 15) is 0 Å². The summed E-state index contributed by atoms with van der Waals surface area (Å²) in [7, 11) is 3.94. The van der Waals surface area contributed by atoms with E-state index in [4.69, 9.17) is 0 Å². The van der Waals surface area contributed by atoms with Crippen molar-refractivity contribution < 1.29 is 0 Å². The highest BCUT2D eigenvalue weighted by Gasteiger charge is 2.05. The van der Waals surface area contributed by atoms with Gasteiger partial charge < -0.3 is 9.88 Å². The van der Waals surface area contributed by atoms with E-state index in [2.05, 4.69) is 46.7 Å². The molecule has 0 saturated carbocycles.